The van der Waals surface area contributed by atoms with E-state index in [9.17, 15) is 9.18 Å². The summed E-state index contributed by atoms with van der Waals surface area (Å²) in [4.78, 5) is 17.1. The smallest absolute Gasteiger partial charge is 0.230 e. The molecule has 0 atom stereocenters. The van der Waals surface area contributed by atoms with Gasteiger partial charge in [0.2, 0.25) is 5.91 Å². The van der Waals surface area contributed by atoms with Crippen LogP contribution in [0, 0.1) is 5.82 Å². The monoisotopic (exact) mass is 312 g/mol. The molecule has 2 aromatic rings. The SMILES string of the molecule is CC(C)c1cnc(NC(=O)Cc2c(F)cccc2Cl)s1. The van der Waals surface area contributed by atoms with E-state index in [0.717, 1.165) is 4.88 Å². The third-order valence-electron chi connectivity index (χ3n) is 2.74. The Morgan fingerprint density at radius 1 is 1.50 bits per heavy atom. The van der Waals surface area contributed by atoms with E-state index >= 15 is 0 Å². The van der Waals surface area contributed by atoms with Gasteiger partial charge in [0.25, 0.3) is 0 Å². The van der Waals surface area contributed by atoms with Gasteiger partial charge in [-0.05, 0) is 18.1 Å². The number of hydrogen-bond donors (Lipinski definition) is 1. The summed E-state index contributed by atoms with van der Waals surface area (Å²) in [5, 5.41) is 3.43. The van der Waals surface area contributed by atoms with Gasteiger partial charge in [0.1, 0.15) is 5.82 Å². The molecule has 106 valence electrons. The molecule has 0 radical (unpaired) electrons. The zero-order valence-electron chi connectivity index (χ0n) is 11.1. The molecule has 1 aromatic carbocycles. The fourth-order valence-corrected chi connectivity index (χ4v) is 2.70. The number of nitrogens with zero attached hydrogens (tertiary/aromatic N) is 1. The molecule has 0 saturated carbocycles. The van der Waals surface area contributed by atoms with Gasteiger partial charge in [-0.3, -0.25) is 4.79 Å². The molecular formula is C14H14ClFN2OS. The summed E-state index contributed by atoms with van der Waals surface area (Å²) in [6, 6.07) is 4.36. The van der Waals surface area contributed by atoms with Crippen molar-refractivity contribution in [1.82, 2.24) is 4.98 Å². The number of benzene rings is 1. The van der Waals surface area contributed by atoms with Crippen molar-refractivity contribution in [2.45, 2.75) is 26.2 Å². The normalized spacial score (nSPS) is 10.8. The first-order valence-corrected chi connectivity index (χ1v) is 7.35. The second-order valence-electron chi connectivity index (χ2n) is 4.65. The first kappa shape index (κ1) is 14.9. The largest absolute Gasteiger partial charge is 0.302 e. The number of halogens is 2. The Morgan fingerprint density at radius 3 is 2.85 bits per heavy atom. The van der Waals surface area contributed by atoms with E-state index in [1.165, 1.54) is 23.5 Å². The number of carbonyl (C=O) groups excluding carboxylic acids is 1. The third-order valence-corrected chi connectivity index (χ3v) is 4.31. The molecule has 1 N–H and O–H groups in total. The molecule has 0 fully saturated rings. The molecule has 2 rings (SSSR count). The van der Waals surface area contributed by atoms with Crippen LogP contribution in [0.15, 0.2) is 24.4 Å². The zero-order chi connectivity index (χ0) is 14.7. The van der Waals surface area contributed by atoms with Gasteiger partial charge in [-0.15, -0.1) is 11.3 Å². The summed E-state index contributed by atoms with van der Waals surface area (Å²) in [5.74, 6) is -0.449. The first-order valence-electron chi connectivity index (χ1n) is 6.16. The van der Waals surface area contributed by atoms with E-state index in [4.69, 9.17) is 11.6 Å². The lowest BCUT2D eigenvalue weighted by molar-refractivity contribution is -0.115. The second kappa shape index (κ2) is 6.33. The maximum atomic E-state index is 13.6. The minimum absolute atomic E-state index is 0.109. The van der Waals surface area contributed by atoms with E-state index in [2.05, 4.69) is 24.1 Å². The zero-order valence-corrected chi connectivity index (χ0v) is 12.7. The first-order chi connectivity index (χ1) is 9.47. The predicted molar refractivity (Wildman–Crippen MR) is 79.9 cm³/mol. The van der Waals surface area contributed by atoms with Gasteiger partial charge in [0.05, 0.1) is 6.42 Å². The van der Waals surface area contributed by atoms with Crippen LogP contribution in [-0.2, 0) is 11.2 Å². The van der Waals surface area contributed by atoms with Crippen LogP contribution in [0.1, 0.15) is 30.2 Å². The lowest BCUT2D eigenvalue weighted by Gasteiger charge is -2.05. The molecule has 0 spiro atoms. The number of amides is 1. The minimum Gasteiger partial charge on any atom is -0.302 e. The lowest BCUT2D eigenvalue weighted by atomic mass is 10.1. The Kier molecular flexibility index (Phi) is 4.73. The van der Waals surface area contributed by atoms with Gasteiger partial charge in [-0.2, -0.15) is 0 Å². The molecule has 0 saturated heterocycles. The van der Waals surface area contributed by atoms with Crippen molar-refractivity contribution in [2.24, 2.45) is 0 Å². The summed E-state index contributed by atoms with van der Waals surface area (Å²) in [5.41, 5.74) is 0.201. The quantitative estimate of drug-likeness (QED) is 0.917. The highest BCUT2D eigenvalue weighted by Crippen LogP contribution is 2.25. The summed E-state index contributed by atoms with van der Waals surface area (Å²) in [6.45, 7) is 4.11. The third kappa shape index (κ3) is 3.55. The molecule has 0 bridgehead atoms. The van der Waals surface area contributed by atoms with Gasteiger partial charge in [-0.25, -0.2) is 9.37 Å². The van der Waals surface area contributed by atoms with Gasteiger partial charge in [-0.1, -0.05) is 31.5 Å². The van der Waals surface area contributed by atoms with E-state index in [1.54, 1.807) is 12.3 Å². The molecule has 20 heavy (non-hydrogen) atoms. The number of rotatable bonds is 4. The van der Waals surface area contributed by atoms with Gasteiger partial charge in [0.15, 0.2) is 5.13 Å². The highest BCUT2D eigenvalue weighted by atomic mass is 35.5. The Morgan fingerprint density at radius 2 is 2.25 bits per heavy atom. The van der Waals surface area contributed by atoms with Crippen molar-refractivity contribution >= 4 is 34.0 Å². The van der Waals surface area contributed by atoms with Crippen molar-refractivity contribution in [3.63, 3.8) is 0 Å². The summed E-state index contributed by atoms with van der Waals surface area (Å²) in [6.07, 6.45) is 1.63. The van der Waals surface area contributed by atoms with Crippen molar-refractivity contribution < 1.29 is 9.18 Å². The molecule has 0 aliphatic rings. The van der Waals surface area contributed by atoms with Crippen molar-refractivity contribution in [1.29, 1.82) is 0 Å². The van der Waals surface area contributed by atoms with Gasteiger partial charge in [0, 0.05) is 21.7 Å². The van der Waals surface area contributed by atoms with E-state index < -0.39 is 5.82 Å². The topological polar surface area (TPSA) is 42.0 Å². The van der Waals surface area contributed by atoms with Crippen molar-refractivity contribution in [2.75, 3.05) is 5.32 Å². The highest BCUT2D eigenvalue weighted by Gasteiger charge is 2.13. The number of carbonyl (C=O) groups is 1. The fourth-order valence-electron chi connectivity index (χ4n) is 1.64. The van der Waals surface area contributed by atoms with E-state index in [0.29, 0.717) is 11.0 Å². The maximum absolute atomic E-state index is 13.6. The van der Waals surface area contributed by atoms with Crippen LogP contribution in [0.5, 0.6) is 0 Å². The molecule has 1 heterocycles. The van der Waals surface area contributed by atoms with Crippen LogP contribution in [-0.4, -0.2) is 10.9 Å². The minimum atomic E-state index is -0.477. The van der Waals surface area contributed by atoms with E-state index in [1.807, 2.05) is 0 Å². The average Bonchev–Trinajstić information content (AvgIpc) is 2.82. The summed E-state index contributed by atoms with van der Waals surface area (Å²) < 4.78 is 13.6. The number of nitrogens with one attached hydrogen (secondary N) is 1. The van der Waals surface area contributed by atoms with Crippen LogP contribution < -0.4 is 5.32 Å². The van der Waals surface area contributed by atoms with Crippen LogP contribution in [0.25, 0.3) is 0 Å². The van der Waals surface area contributed by atoms with Crippen LogP contribution >= 0.6 is 22.9 Å². The summed E-state index contributed by atoms with van der Waals surface area (Å²) in [7, 11) is 0. The van der Waals surface area contributed by atoms with Gasteiger partial charge < -0.3 is 5.32 Å². The molecule has 1 amide bonds. The number of anilines is 1. The molecule has 1 aromatic heterocycles. The predicted octanol–water partition coefficient (Wildman–Crippen LogP) is 4.24. The lowest BCUT2D eigenvalue weighted by Crippen LogP contribution is -2.15. The van der Waals surface area contributed by atoms with Gasteiger partial charge >= 0.3 is 0 Å². The molecule has 0 unspecified atom stereocenters. The molecule has 0 aliphatic heterocycles. The highest BCUT2D eigenvalue weighted by molar-refractivity contribution is 7.15. The Labute approximate surface area is 125 Å². The summed E-state index contributed by atoms with van der Waals surface area (Å²) >= 11 is 7.31. The molecular weight excluding hydrogens is 299 g/mol. The molecule has 3 nitrogen and oxygen atoms in total. The molecule has 0 aliphatic carbocycles. The standard InChI is InChI=1S/C14H14ClFN2OS/c1-8(2)12-7-17-14(20-12)18-13(19)6-9-10(15)4-3-5-11(9)16/h3-5,7-8H,6H2,1-2H3,(H,17,18,19). The Balaban J connectivity index is 2.05. The maximum Gasteiger partial charge on any atom is 0.230 e. The Hall–Kier alpha value is -1.46. The van der Waals surface area contributed by atoms with E-state index in [-0.39, 0.29) is 22.9 Å². The second-order valence-corrected chi connectivity index (χ2v) is 6.12. The average molecular weight is 313 g/mol. The number of aromatic nitrogens is 1. The number of thiazole rings is 1. The van der Waals surface area contributed by atoms with Crippen LogP contribution in [0.3, 0.4) is 0 Å². The van der Waals surface area contributed by atoms with Crippen LogP contribution in [0.4, 0.5) is 9.52 Å². The number of hydrogen-bond acceptors (Lipinski definition) is 3. The fraction of sp³-hybridized carbons (Fsp3) is 0.286. The van der Waals surface area contributed by atoms with Crippen LogP contribution in [0.2, 0.25) is 5.02 Å². The van der Waals surface area contributed by atoms with Crippen molar-refractivity contribution in [3.8, 4) is 0 Å². The Bertz CT molecular complexity index is 607. The van der Waals surface area contributed by atoms with Crippen molar-refractivity contribution in [3.05, 3.63) is 45.7 Å². The molecule has 6 heteroatoms.